The van der Waals surface area contributed by atoms with E-state index in [9.17, 15) is 4.79 Å². The van der Waals surface area contributed by atoms with E-state index in [-0.39, 0.29) is 11.9 Å². The van der Waals surface area contributed by atoms with Crippen molar-refractivity contribution in [3.8, 4) is 0 Å². The van der Waals surface area contributed by atoms with Crippen molar-refractivity contribution in [1.29, 1.82) is 0 Å². The van der Waals surface area contributed by atoms with Crippen LogP contribution in [0.5, 0.6) is 0 Å². The second-order valence-corrected chi connectivity index (χ2v) is 6.03. The van der Waals surface area contributed by atoms with Crippen molar-refractivity contribution in [3.05, 3.63) is 0 Å². The highest BCUT2D eigenvalue weighted by molar-refractivity contribution is 5.81. The zero-order valence-corrected chi connectivity index (χ0v) is 12.7. The molecule has 1 aliphatic rings. The third-order valence-electron chi connectivity index (χ3n) is 3.61. The summed E-state index contributed by atoms with van der Waals surface area (Å²) in [6, 6.07) is -0.358. The van der Waals surface area contributed by atoms with E-state index < -0.39 is 0 Å². The van der Waals surface area contributed by atoms with E-state index in [0.29, 0.717) is 5.92 Å². The first-order valence-electron chi connectivity index (χ1n) is 7.43. The lowest BCUT2D eigenvalue weighted by Gasteiger charge is -2.32. The molecule has 0 unspecified atom stereocenters. The monoisotopic (exact) mass is 270 g/mol. The smallest absolute Gasteiger partial charge is 0.236 e. The molecule has 112 valence electrons. The van der Waals surface area contributed by atoms with Crippen LogP contribution in [0, 0.1) is 5.92 Å². The first-order chi connectivity index (χ1) is 8.99. The summed E-state index contributed by atoms with van der Waals surface area (Å²) in [6.07, 6.45) is 1.76. The molecule has 1 atom stereocenters. The fourth-order valence-electron chi connectivity index (χ4n) is 2.33. The van der Waals surface area contributed by atoms with Gasteiger partial charge in [-0.2, -0.15) is 0 Å². The van der Waals surface area contributed by atoms with Crippen LogP contribution in [0.15, 0.2) is 0 Å². The Labute approximate surface area is 117 Å². The molecule has 0 aromatic rings. The fraction of sp³-hybridized carbons (Fsp3) is 0.929. The van der Waals surface area contributed by atoms with Crippen LogP contribution in [0.1, 0.15) is 26.7 Å². The molecule has 1 aliphatic heterocycles. The number of rotatable bonds is 7. The summed E-state index contributed by atoms with van der Waals surface area (Å²) in [5.74, 6) is 0.457. The van der Waals surface area contributed by atoms with Gasteiger partial charge in [-0.3, -0.25) is 4.79 Å². The second kappa shape index (κ2) is 8.51. The summed E-state index contributed by atoms with van der Waals surface area (Å²) in [5, 5.41) is 2.94. The number of hydrogen-bond donors (Lipinski definition) is 2. The van der Waals surface area contributed by atoms with Crippen LogP contribution >= 0.6 is 0 Å². The quantitative estimate of drug-likeness (QED) is 0.645. The number of piperazine rings is 1. The molecule has 0 bridgehead atoms. The molecular formula is C14H30N4O. The number of hydrogen-bond acceptors (Lipinski definition) is 4. The van der Waals surface area contributed by atoms with Gasteiger partial charge in [0.15, 0.2) is 0 Å². The molecule has 0 radical (unpaired) electrons. The molecule has 5 heteroatoms. The summed E-state index contributed by atoms with van der Waals surface area (Å²) in [6.45, 7) is 10.5. The van der Waals surface area contributed by atoms with Crippen LogP contribution in [0.25, 0.3) is 0 Å². The van der Waals surface area contributed by atoms with Gasteiger partial charge in [0.1, 0.15) is 0 Å². The minimum Gasteiger partial charge on any atom is -0.355 e. The lowest BCUT2D eigenvalue weighted by Crippen LogP contribution is -2.46. The Morgan fingerprint density at radius 1 is 1.26 bits per heavy atom. The molecule has 19 heavy (non-hydrogen) atoms. The predicted octanol–water partition coefficient (Wildman–Crippen LogP) is 0.114. The summed E-state index contributed by atoms with van der Waals surface area (Å²) >= 11 is 0. The fourth-order valence-corrected chi connectivity index (χ4v) is 2.33. The highest BCUT2D eigenvalue weighted by Gasteiger charge is 2.15. The van der Waals surface area contributed by atoms with Gasteiger partial charge in [-0.05, 0) is 32.4 Å². The van der Waals surface area contributed by atoms with Crippen molar-refractivity contribution in [3.63, 3.8) is 0 Å². The molecule has 0 spiro atoms. The molecule has 1 fully saturated rings. The van der Waals surface area contributed by atoms with Gasteiger partial charge in [-0.15, -0.1) is 0 Å². The van der Waals surface area contributed by atoms with E-state index >= 15 is 0 Å². The first kappa shape index (κ1) is 16.4. The summed E-state index contributed by atoms with van der Waals surface area (Å²) < 4.78 is 0. The number of nitrogens with zero attached hydrogens (tertiary/aromatic N) is 2. The highest BCUT2D eigenvalue weighted by Crippen LogP contribution is 2.03. The van der Waals surface area contributed by atoms with Crippen molar-refractivity contribution in [2.75, 3.05) is 46.3 Å². The van der Waals surface area contributed by atoms with Gasteiger partial charge in [0.05, 0.1) is 6.04 Å². The lowest BCUT2D eigenvalue weighted by molar-refractivity contribution is -0.122. The number of carbonyl (C=O) groups is 1. The van der Waals surface area contributed by atoms with Crippen LogP contribution in [-0.4, -0.2) is 68.1 Å². The molecule has 1 amide bonds. The van der Waals surface area contributed by atoms with Gasteiger partial charge < -0.3 is 20.9 Å². The van der Waals surface area contributed by atoms with Gasteiger partial charge in [0.2, 0.25) is 5.91 Å². The van der Waals surface area contributed by atoms with Gasteiger partial charge in [-0.1, -0.05) is 13.8 Å². The summed E-state index contributed by atoms with van der Waals surface area (Å²) in [5.41, 5.74) is 5.83. The molecule has 0 aliphatic carbocycles. The molecule has 0 aromatic heterocycles. The van der Waals surface area contributed by atoms with Crippen molar-refractivity contribution in [1.82, 2.24) is 15.1 Å². The summed E-state index contributed by atoms with van der Waals surface area (Å²) in [4.78, 5) is 16.5. The van der Waals surface area contributed by atoms with Crippen LogP contribution < -0.4 is 11.1 Å². The number of carbonyl (C=O) groups excluding carboxylic acids is 1. The Morgan fingerprint density at radius 3 is 2.47 bits per heavy atom. The average Bonchev–Trinajstić information content (AvgIpc) is 2.35. The first-order valence-corrected chi connectivity index (χ1v) is 7.43. The van der Waals surface area contributed by atoms with Crippen LogP contribution in [0.2, 0.25) is 0 Å². The van der Waals surface area contributed by atoms with Gasteiger partial charge >= 0.3 is 0 Å². The van der Waals surface area contributed by atoms with E-state index in [2.05, 4.69) is 36.0 Å². The third kappa shape index (κ3) is 6.89. The Hall–Kier alpha value is -0.650. The average molecular weight is 270 g/mol. The Kier molecular flexibility index (Phi) is 7.34. The van der Waals surface area contributed by atoms with Crippen LogP contribution in [-0.2, 0) is 4.79 Å². The number of nitrogens with one attached hydrogen (secondary N) is 1. The molecule has 0 aromatic carbocycles. The van der Waals surface area contributed by atoms with E-state index in [1.54, 1.807) is 0 Å². The highest BCUT2D eigenvalue weighted by atomic mass is 16.2. The predicted molar refractivity (Wildman–Crippen MR) is 79.0 cm³/mol. The largest absolute Gasteiger partial charge is 0.355 e. The van der Waals surface area contributed by atoms with Gasteiger partial charge in [0, 0.05) is 32.7 Å². The van der Waals surface area contributed by atoms with E-state index in [4.69, 9.17) is 5.73 Å². The minimum absolute atomic E-state index is 0.00734. The maximum Gasteiger partial charge on any atom is 0.236 e. The number of likely N-dealkylation sites (N-methyl/N-ethyl adjacent to an activating group) is 1. The summed E-state index contributed by atoms with van der Waals surface area (Å²) in [7, 11) is 2.16. The molecule has 1 saturated heterocycles. The maximum absolute atomic E-state index is 11.7. The van der Waals surface area contributed by atoms with Crippen molar-refractivity contribution >= 4 is 5.91 Å². The normalized spacial score (nSPS) is 19.6. The lowest BCUT2D eigenvalue weighted by atomic mass is 10.0. The second-order valence-electron chi connectivity index (χ2n) is 6.03. The molecule has 1 heterocycles. The number of amides is 1. The Morgan fingerprint density at radius 2 is 1.89 bits per heavy atom. The zero-order valence-electron chi connectivity index (χ0n) is 12.7. The number of nitrogens with two attached hydrogens (primary N) is 1. The van der Waals surface area contributed by atoms with Gasteiger partial charge in [0.25, 0.3) is 0 Å². The van der Waals surface area contributed by atoms with Gasteiger partial charge in [-0.25, -0.2) is 0 Å². The third-order valence-corrected chi connectivity index (χ3v) is 3.61. The minimum atomic E-state index is -0.358. The van der Waals surface area contributed by atoms with Crippen molar-refractivity contribution < 1.29 is 4.79 Å². The van der Waals surface area contributed by atoms with Crippen molar-refractivity contribution in [2.24, 2.45) is 11.7 Å². The molecule has 5 nitrogen and oxygen atoms in total. The SMILES string of the molecule is CC(C)C[C@H](N)C(=O)NCCCN1CCN(C)CC1. The molecule has 0 saturated carbocycles. The maximum atomic E-state index is 11.7. The van der Waals surface area contributed by atoms with E-state index in [0.717, 1.165) is 52.1 Å². The molecular weight excluding hydrogens is 240 g/mol. The molecule has 3 N–H and O–H groups in total. The Balaban J connectivity index is 2.05. The van der Waals surface area contributed by atoms with E-state index in [1.807, 2.05) is 0 Å². The standard InChI is InChI=1S/C14H30N4O/c1-12(2)11-13(15)14(19)16-5-4-6-18-9-7-17(3)8-10-18/h12-13H,4-11,15H2,1-3H3,(H,16,19)/t13-/m0/s1. The van der Waals surface area contributed by atoms with Crippen molar-refractivity contribution in [2.45, 2.75) is 32.7 Å². The zero-order chi connectivity index (χ0) is 14.3. The van der Waals surface area contributed by atoms with E-state index in [1.165, 1.54) is 0 Å². The molecule has 1 rings (SSSR count). The topological polar surface area (TPSA) is 61.6 Å². The van der Waals surface area contributed by atoms with Crippen LogP contribution in [0.3, 0.4) is 0 Å². The Bertz CT molecular complexity index is 262. The van der Waals surface area contributed by atoms with Crippen LogP contribution in [0.4, 0.5) is 0 Å².